The highest BCUT2D eigenvalue weighted by molar-refractivity contribution is 5.77. The molecule has 110 valence electrons. The molecule has 5 nitrogen and oxygen atoms in total. The second-order valence-electron chi connectivity index (χ2n) is 6.21. The molecule has 0 spiro atoms. The summed E-state index contributed by atoms with van der Waals surface area (Å²) in [5.74, 6) is -0.0377. The Balaban J connectivity index is 1.74. The Bertz CT molecular complexity index is 308. The van der Waals surface area contributed by atoms with Crippen molar-refractivity contribution in [2.24, 2.45) is 5.73 Å². The van der Waals surface area contributed by atoms with Gasteiger partial charge in [-0.25, -0.2) is 0 Å². The van der Waals surface area contributed by atoms with E-state index in [1.54, 1.807) is 0 Å². The SMILES string of the molecule is NC1(CC(=O)NCC2(O)CCOCC2)CCCCC1. The third-order valence-corrected chi connectivity index (χ3v) is 4.40. The van der Waals surface area contributed by atoms with Gasteiger partial charge in [-0.15, -0.1) is 0 Å². The average Bonchev–Trinajstić information content (AvgIpc) is 2.38. The molecule has 5 heteroatoms. The molecule has 4 N–H and O–H groups in total. The number of carbonyl (C=O) groups excluding carboxylic acids is 1. The van der Waals surface area contributed by atoms with Crippen LogP contribution in [0.1, 0.15) is 51.4 Å². The molecular weight excluding hydrogens is 244 g/mol. The van der Waals surface area contributed by atoms with Crippen molar-refractivity contribution < 1.29 is 14.6 Å². The van der Waals surface area contributed by atoms with E-state index in [0.29, 0.717) is 39.0 Å². The van der Waals surface area contributed by atoms with Crippen LogP contribution in [0.2, 0.25) is 0 Å². The molecule has 2 rings (SSSR count). The summed E-state index contributed by atoms with van der Waals surface area (Å²) in [7, 11) is 0. The largest absolute Gasteiger partial charge is 0.388 e. The molecule has 0 aromatic rings. The standard InChI is InChI=1S/C14H26N2O3/c15-13(4-2-1-3-5-13)10-12(17)16-11-14(18)6-8-19-9-7-14/h18H,1-11,15H2,(H,16,17). The lowest BCUT2D eigenvalue weighted by Gasteiger charge is -2.34. The van der Waals surface area contributed by atoms with E-state index in [4.69, 9.17) is 10.5 Å². The lowest BCUT2D eigenvalue weighted by Crippen LogP contribution is -2.50. The minimum Gasteiger partial charge on any atom is -0.388 e. The topological polar surface area (TPSA) is 84.6 Å². The Hall–Kier alpha value is -0.650. The van der Waals surface area contributed by atoms with E-state index >= 15 is 0 Å². The highest BCUT2D eigenvalue weighted by Crippen LogP contribution is 2.28. The van der Waals surface area contributed by atoms with Crippen LogP contribution in [0.15, 0.2) is 0 Å². The predicted octanol–water partition coefficient (Wildman–Crippen LogP) is 0.696. The first-order valence-corrected chi connectivity index (χ1v) is 7.37. The molecule has 1 aliphatic carbocycles. The first kappa shape index (κ1) is 14.8. The van der Waals surface area contributed by atoms with E-state index in [2.05, 4.69) is 5.32 Å². The summed E-state index contributed by atoms with van der Waals surface area (Å²) >= 11 is 0. The number of amides is 1. The Morgan fingerprint density at radius 1 is 1.16 bits per heavy atom. The molecule has 0 aromatic carbocycles. The van der Waals surface area contributed by atoms with Gasteiger partial charge in [-0.2, -0.15) is 0 Å². The Morgan fingerprint density at radius 2 is 1.79 bits per heavy atom. The van der Waals surface area contributed by atoms with Crippen molar-refractivity contribution in [1.82, 2.24) is 5.32 Å². The quantitative estimate of drug-likeness (QED) is 0.702. The second-order valence-corrected chi connectivity index (χ2v) is 6.21. The summed E-state index contributed by atoms with van der Waals surface area (Å²) < 4.78 is 5.22. The molecule has 0 aromatic heterocycles. The number of carbonyl (C=O) groups is 1. The van der Waals surface area contributed by atoms with Gasteiger partial charge in [0, 0.05) is 44.6 Å². The Morgan fingerprint density at radius 3 is 2.42 bits per heavy atom. The first-order valence-electron chi connectivity index (χ1n) is 7.37. The fourth-order valence-electron chi connectivity index (χ4n) is 3.01. The number of nitrogens with two attached hydrogens (primary N) is 1. The summed E-state index contributed by atoms with van der Waals surface area (Å²) in [6.45, 7) is 1.44. The van der Waals surface area contributed by atoms with Gasteiger partial charge in [0.1, 0.15) is 0 Å². The van der Waals surface area contributed by atoms with Crippen LogP contribution in [-0.2, 0) is 9.53 Å². The molecule has 1 saturated heterocycles. The van der Waals surface area contributed by atoms with E-state index in [1.807, 2.05) is 0 Å². The molecule has 1 amide bonds. The highest BCUT2D eigenvalue weighted by atomic mass is 16.5. The van der Waals surface area contributed by atoms with Crippen molar-refractivity contribution in [2.75, 3.05) is 19.8 Å². The molecule has 19 heavy (non-hydrogen) atoms. The zero-order chi connectivity index (χ0) is 13.8. The van der Waals surface area contributed by atoms with Crippen molar-refractivity contribution in [1.29, 1.82) is 0 Å². The number of nitrogens with one attached hydrogen (secondary N) is 1. The predicted molar refractivity (Wildman–Crippen MR) is 72.6 cm³/mol. The zero-order valence-corrected chi connectivity index (χ0v) is 11.6. The van der Waals surface area contributed by atoms with Crippen LogP contribution in [0.5, 0.6) is 0 Å². The van der Waals surface area contributed by atoms with E-state index in [-0.39, 0.29) is 11.4 Å². The molecule has 0 atom stereocenters. The molecule has 0 bridgehead atoms. The third-order valence-electron chi connectivity index (χ3n) is 4.40. The van der Waals surface area contributed by atoms with Gasteiger partial charge in [-0.3, -0.25) is 4.79 Å². The maximum atomic E-state index is 12.0. The van der Waals surface area contributed by atoms with Gasteiger partial charge in [0.15, 0.2) is 0 Å². The van der Waals surface area contributed by atoms with Gasteiger partial charge >= 0.3 is 0 Å². The summed E-state index contributed by atoms with van der Waals surface area (Å²) in [5.41, 5.74) is 5.12. The van der Waals surface area contributed by atoms with Crippen LogP contribution < -0.4 is 11.1 Å². The molecule has 0 radical (unpaired) electrons. The van der Waals surface area contributed by atoms with Crippen molar-refractivity contribution in [3.05, 3.63) is 0 Å². The molecule has 1 heterocycles. The fourth-order valence-corrected chi connectivity index (χ4v) is 3.01. The maximum absolute atomic E-state index is 12.0. The van der Waals surface area contributed by atoms with Crippen LogP contribution in [0.3, 0.4) is 0 Å². The van der Waals surface area contributed by atoms with Gasteiger partial charge < -0.3 is 20.9 Å². The monoisotopic (exact) mass is 270 g/mol. The van der Waals surface area contributed by atoms with E-state index in [1.165, 1.54) is 6.42 Å². The summed E-state index contributed by atoms with van der Waals surface area (Å²) in [5, 5.41) is 13.1. The van der Waals surface area contributed by atoms with Crippen molar-refractivity contribution in [3.8, 4) is 0 Å². The highest BCUT2D eigenvalue weighted by Gasteiger charge is 2.33. The number of hydrogen-bond acceptors (Lipinski definition) is 4. The van der Waals surface area contributed by atoms with E-state index < -0.39 is 5.60 Å². The molecule has 1 aliphatic heterocycles. The van der Waals surface area contributed by atoms with Crippen molar-refractivity contribution >= 4 is 5.91 Å². The molecule has 1 saturated carbocycles. The third kappa shape index (κ3) is 4.44. The number of hydrogen-bond donors (Lipinski definition) is 3. The lowest BCUT2D eigenvalue weighted by molar-refractivity contribution is -0.125. The minimum absolute atomic E-state index is 0.0377. The lowest BCUT2D eigenvalue weighted by atomic mass is 9.80. The Kier molecular flexibility index (Phi) is 4.81. The van der Waals surface area contributed by atoms with Crippen LogP contribution in [0.25, 0.3) is 0 Å². The van der Waals surface area contributed by atoms with Crippen LogP contribution in [0.4, 0.5) is 0 Å². The van der Waals surface area contributed by atoms with Crippen molar-refractivity contribution in [2.45, 2.75) is 62.5 Å². The second kappa shape index (κ2) is 6.20. The Labute approximate surface area is 114 Å². The first-order chi connectivity index (χ1) is 9.02. The average molecular weight is 270 g/mol. The van der Waals surface area contributed by atoms with Crippen molar-refractivity contribution in [3.63, 3.8) is 0 Å². The summed E-state index contributed by atoms with van der Waals surface area (Å²) in [6, 6.07) is 0. The van der Waals surface area contributed by atoms with E-state index in [9.17, 15) is 9.90 Å². The fraction of sp³-hybridized carbons (Fsp3) is 0.929. The van der Waals surface area contributed by atoms with Gasteiger partial charge in [0.2, 0.25) is 5.91 Å². The van der Waals surface area contributed by atoms with Gasteiger partial charge in [0.25, 0.3) is 0 Å². The number of rotatable bonds is 4. The number of ether oxygens (including phenoxy) is 1. The number of aliphatic hydroxyl groups is 1. The molecule has 2 fully saturated rings. The van der Waals surface area contributed by atoms with Gasteiger partial charge in [0.05, 0.1) is 5.60 Å². The maximum Gasteiger partial charge on any atom is 0.221 e. The van der Waals surface area contributed by atoms with Crippen LogP contribution in [-0.4, -0.2) is 41.9 Å². The van der Waals surface area contributed by atoms with E-state index in [0.717, 1.165) is 25.7 Å². The summed E-state index contributed by atoms with van der Waals surface area (Å²) in [6.07, 6.45) is 6.86. The minimum atomic E-state index is -0.803. The smallest absolute Gasteiger partial charge is 0.221 e. The van der Waals surface area contributed by atoms with Crippen LogP contribution in [0, 0.1) is 0 Å². The molecule has 2 aliphatic rings. The van der Waals surface area contributed by atoms with Gasteiger partial charge in [-0.05, 0) is 12.8 Å². The molecule has 0 unspecified atom stereocenters. The normalized spacial score (nSPS) is 25.8. The molecular formula is C14H26N2O3. The van der Waals surface area contributed by atoms with Gasteiger partial charge in [-0.1, -0.05) is 19.3 Å². The summed E-state index contributed by atoms with van der Waals surface area (Å²) in [4.78, 5) is 12.0. The zero-order valence-electron chi connectivity index (χ0n) is 11.6. The van der Waals surface area contributed by atoms with Crippen LogP contribution >= 0.6 is 0 Å².